The number of hydrogen-bond donors (Lipinski definition) is 3. The van der Waals surface area contributed by atoms with Crippen LogP contribution in [0.15, 0.2) is 24.3 Å². The molecule has 1 aromatic rings. The minimum atomic E-state index is -0.663. The van der Waals surface area contributed by atoms with Crippen molar-refractivity contribution in [2.24, 2.45) is 0 Å². The first-order chi connectivity index (χ1) is 9.24. The lowest BCUT2D eigenvalue weighted by Crippen LogP contribution is -2.39. The molecule has 0 bridgehead atoms. The van der Waals surface area contributed by atoms with Crippen molar-refractivity contribution in [2.45, 2.75) is 24.9 Å². The highest BCUT2D eigenvalue weighted by Gasteiger charge is 2.30. The molecule has 0 unspecified atom stereocenters. The Morgan fingerprint density at radius 3 is 2.58 bits per heavy atom. The van der Waals surface area contributed by atoms with Crippen LogP contribution in [0.1, 0.15) is 30.4 Å². The Labute approximate surface area is 115 Å². The summed E-state index contributed by atoms with van der Waals surface area (Å²) in [7, 11) is 1.93. The van der Waals surface area contributed by atoms with Crippen LogP contribution in [0.25, 0.3) is 0 Å². The van der Waals surface area contributed by atoms with Gasteiger partial charge in [-0.25, -0.2) is 0 Å². The molecule has 1 aliphatic heterocycles. The largest absolute Gasteiger partial charge is 0.385 e. The molecule has 0 amide bonds. The molecule has 0 spiro atoms. The van der Waals surface area contributed by atoms with Gasteiger partial charge in [0, 0.05) is 18.5 Å². The smallest absolute Gasteiger partial charge is 0.0920 e. The number of benzene rings is 1. The van der Waals surface area contributed by atoms with Crippen molar-refractivity contribution >= 4 is 0 Å². The SMILES string of the molecule is CNCCC#Cc1ccc(C2(O)CCNCC2)cc1. The zero-order chi connectivity index (χ0) is 13.6. The van der Waals surface area contributed by atoms with E-state index in [0.29, 0.717) is 0 Å². The molecule has 1 fully saturated rings. The van der Waals surface area contributed by atoms with Crippen molar-refractivity contribution in [1.29, 1.82) is 0 Å². The lowest BCUT2D eigenvalue weighted by molar-refractivity contribution is 0.00594. The molecule has 3 heteroatoms. The first-order valence-corrected chi connectivity index (χ1v) is 6.92. The van der Waals surface area contributed by atoms with E-state index in [-0.39, 0.29) is 0 Å². The van der Waals surface area contributed by atoms with E-state index in [9.17, 15) is 5.11 Å². The lowest BCUT2D eigenvalue weighted by atomic mass is 9.85. The van der Waals surface area contributed by atoms with E-state index < -0.39 is 5.60 Å². The van der Waals surface area contributed by atoms with Crippen molar-refractivity contribution in [3.63, 3.8) is 0 Å². The van der Waals surface area contributed by atoms with Crippen molar-refractivity contribution in [2.75, 3.05) is 26.7 Å². The molecule has 0 atom stereocenters. The molecule has 19 heavy (non-hydrogen) atoms. The maximum Gasteiger partial charge on any atom is 0.0920 e. The van der Waals surface area contributed by atoms with Gasteiger partial charge in [-0.05, 0) is 50.7 Å². The molecule has 102 valence electrons. The third-order valence-corrected chi connectivity index (χ3v) is 3.59. The summed E-state index contributed by atoms with van der Waals surface area (Å²) in [5, 5.41) is 16.9. The van der Waals surface area contributed by atoms with Crippen LogP contribution in [0.2, 0.25) is 0 Å². The van der Waals surface area contributed by atoms with Crippen LogP contribution in [0.3, 0.4) is 0 Å². The molecular formula is C16H22N2O. The topological polar surface area (TPSA) is 44.3 Å². The third-order valence-electron chi connectivity index (χ3n) is 3.59. The molecule has 1 aromatic carbocycles. The molecule has 2 rings (SSSR count). The number of piperidine rings is 1. The molecular weight excluding hydrogens is 236 g/mol. The van der Waals surface area contributed by atoms with Crippen LogP contribution in [0, 0.1) is 11.8 Å². The quantitative estimate of drug-likeness (QED) is 0.564. The standard InChI is InChI=1S/C16H22N2O/c1-17-11-3-2-4-14-5-7-15(8-6-14)16(19)9-12-18-13-10-16/h5-8,17-19H,3,9-13H2,1H3. The number of hydrogen-bond acceptors (Lipinski definition) is 3. The van der Waals surface area contributed by atoms with Gasteiger partial charge < -0.3 is 15.7 Å². The molecule has 0 aromatic heterocycles. The van der Waals surface area contributed by atoms with Gasteiger partial charge in [0.1, 0.15) is 0 Å². The first kappa shape index (κ1) is 14.1. The van der Waals surface area contributed by atoms with Gasteiger partial charge in [0.2, 0.25) is 0 Å². The van der Waals surface area contributed by atoms with Gasteiger partial charge >= 0.3 is 0 Å². The van der Waals surface area contributed by atoms with E-state index in [2.05, 4.69) is 22.5 Å². The second-order valence-corrected chi connectivity index (χ2v) is 5.01. The average Bonchev–Trinajstić information content (AvgIpc) is 2.45. The predicted octanol–water partition coefficient (Wildman–Crippen LogP) is 1.22. The second kappa shape index (κ2) is 6.72. The van der Waals surface area contributed by atoms with Crippen LogP contribution in [-0.2, 0) is 5.60 Å². The monoisotopic (exact) mass is 258 g/mol. The van der Waals surface area contributed by atoms with Crippen LogP contribution in [-0.4, -0.2) is 31.8 Å². The van der Waals surface area contributed by atoms with Crippen LogP contribution < -0.4 is 10.6 Å². The molecule has 1 saturated heterocycles. The maximum absolute atomic E-state index is 10.6. The Bertz CT molecular complexity index is 450. The van der Waals surface area contributed by atoms with Gasteiger partial charge in [-0.15, -0.1) is 0 Å². The summed E-state index contributed by atoms with van der Waals surface area (Å²) in [4.78, 5) is 0. The van der Waals surface area contributed by atoms with Crippen molar-refractivity contribution in [1.82, 2.24) is 10.6 Å². The summed E-state index contributed by atoms with van der Waals surface area (Å²) < 4.78 is 0. The zero-order valence-corrected chi connectivity index (χ0v) is 11.5. The van der Waals surface area contributed by atoms with Gasteiger partial charge in [0.05, 0.1) is 5.60 Å². The summed E-state index contributed by atoms with van der Waals surface area (Å²) in [6, 6.07) is 8.02. The van der Waals surface area contributed by atoms with E-state index in [4.69, 9.17) is 0 Å². The van der Waals surface area contributed by atoms with Crippen LogP contribution in [0.5, 0.6) is 0 Å². The normalized spacial score (nSPS) is 17.6. The highest BCUT2D eigenvalue weighted by Crippen LogP contribution is 2.30. The predicted molar refractivity (Wildman–Crippen MR) is 77.9 cm³/mol. The summed E-state index contributed by atoms with van der Waals surface area (Å²) >= 11 is 0. The Balaban J connectivity index is 2.02. The molecule has 0 saturated carbocycles. The minimum Gasteiger partial charge on any atom is -0.385 e. The highest BCUT2D eigenvalue weighted by atomic mass is 16.3. The Hall–Kier alpha value is -1.34. The van der Waals surface area contributed by atoms with E-state index in [1.165, 1.54) is 0 Å². The summed E-state index contributed by atoms with van der Waals surface area (Å²) in [5.74, 6) is 6.26. The fourth-order valence-electron chi connectivity index (χ4n) is 2.34. The molecule has 3 nitrogen and oxygen atoms in total. The Morgan fingerprint density at radius 1 is 1.26 bits per heavy atom. The number of rotatable bonds is 3. The Kier molecular flexibility index (Phi) is 4.98. The summed E-state index contributed by atoms with van der Waals surface area (Å²) in [6.45, 7) is 2.67. The van der Waals surface area contributed by atoms with E-state index in [0.717, 1.165) is 50.0 Å². The van der Waals surface area contributed by atoms with Crippen molar-refractivity contribution in [3.05, 3.63) is 35.4 Å². The lowest BCUT2D eigenvalue weighted by Gasteiger charge is -2.33. The fourth-order valence-corrected chi connectivity index (χ4v) is 2.34. The van der Waals surface area contributed by atoms with E-state index >= 15 is 0 Å². The zero-order valence-electron chi connectivity index (χ0n) is 11.5. The Morgan fingerprint density at radius 2 is 1.95 bits per heavy atom. The van der Waals surface area contributed by atoms with Crippen LogP contribution >= 0.6 is 0 Å². The average molecular weight is 258 g/mol. The minimum absolute atomic E-state index is 0.663. The molecule has 1 aliphatic rings. The second-order valence-electron chi connectivity index (χ2n) is 5.01. The molecule has 1 heterocycles. The first-order valence-electron chi connectivity index (χ1n) is 6.92. The van der Waals surface area contributed by atoms with E-state index in [1.807, 2.05) is 31.3 Å². The van der Waals surface area contributed by atoms with Gasteiger partial charge in [0.25, 0.3) is 0 Å². The van der Waals surface area contributed by atoms with Crippen molar-refractivity contribution in [3.8, 4) is 11.8 Å². The van der Waals surface area contributed by atoms with Crippen molar-refractivity contribution < 1.29 is 5.11 Å². The van der Waals surface area contributed by atoms with E-state index in [1.54, 1.807) is 0 Å². The van der Waals surface area contributed by atoms with Gasteiger partial charge in [-0.2, -0.15) is 0 Å². The van der Waals surface area contributed by atoms with Gasteiger partial charge in [-0.3, -0.25) is 0 Å². The summed E-state index contributed by atoms with van der Waals surface area (Å²) in [5.41, 5.74) is 1.36. The fraction of sp³-hybridized carbons (Fsp3) is 0.500. The maximum atomic E-state index is 10.6. The number of aliphatic hydroxyl groups is 1. The summed E-state index contributed by atoms with van der Waals surface area (Å²) in [6.07, 6.45) is 2.41. The van der Waals surface area contributed by atoms with Gasteiger partial charge in [-0.1, -0.05) is 24.0 Å². The number of nitrogens with one attached hydrogen (secondary N) is 2. The highest BCUT2D eigenvalue weighted by molar-refractivity contribution is 5.37. The van der Waals surface area contributed by atoms with Gasteiger partial charge in [0.15, 0.2) is 0 Å². The van der Waals surface area contributed by atoms with Crippen LogP contribution in [0.4, 0.5) is 0 Å². The molecule has 0 radical (unpaired) electrons. The molecule has 0 aliphatic carbocycles. The third kappa shape index (κ3) is 3.81. The molecule has 3 N–H and O–H groups in total.